The fourth-order valence-corrected chi connectivity index (χ4v) is 3.86. The van der Waals surface area contributed by atoms with Crippen molar-refractivity contribution >= 4 is 38.4 Å². The molecule has 2 heterocycles. The van der Waals surface area contributed by atoms with Crippen LogP contribution in [0.5, 0.6) is 0 Å². The fourth-order valence-electron chi connectivity index (χ4n) is 2.79. The molecule has 0 aliphatic heterocycles. The average Bonchev–Trinajstić information content (AvgIpc) is 3.25. The number of carbonyl (C=O) groups is 1. The van der Waals surface area contributed by atoms with Gasteiger partial charge in [-0.25, -0.2) is 4.98 Å². The summed E-state index contributed by atoms with van der Waals surface area (Å²) in [6, 6.07) is 15.7. The molecule has 1 atom stereocenters. The second-order valence-electron chi connectivity index (χ2n) is 5.89. The lowest BCUT2D eigenvalue weighted by molar-refractivity contribution is 0.0742. The van der Waals surface area contributed by atoms with Gasteiger partial charge in [0.25, 0.3) is 5.91 Å². The van der Waals surface area contributed by atoms with Gasteiger partial charge in [0.05, 0.1) is 16.3 Å². The number of aromatic amines is 1. The van der Waals surface area contributed by atoms with Gasteiger partial charge < -0.3 is 9.88 Å². The van der Waals surface area contributed by atoms with Crippen molar-refractivity contribution in [2.75, 3.05) is 7.05 Å². The molecule has 0 aliphatic carbocycles. The molecule has 2 aromatic heterocycles. The Bertz CT molecular complexity index is 1000. The molecule has 0 radical (unpaired) electrons. The largest absolute Gasteiger partial charge is 0.361 e. The molecule has 4 aromatic rings. The Morgan fingerprint density at radius 2 is 2.04 bits per heavy atom. The molecule has 1 unspecified atom stereocenters. The van der Waals surface area contributed by atoms with Gasteiger partial charge in [0.2, 0.25) is 0 Å². The number of H-pyrrole nitrogens is 1. The Morgan fingerprint density at radius 1 is 1.21 bits per heavy atom. The van der Waals surface area contributed by atoms with Crippen LogP contribution in [0.1, 0.15) is 28.3 Å². The molecule has 0 aliphatic rings. The standard InChI is InChI=1S/C19H17N3OS/c1-12(18-21-15-5-3-4-6-17(15)24-18)22(2)19(23)14-8-7-13-9-10-20-16(13)11-14/h3-12,20H,1-2H3. The number of nitrogens with one attached hydrogen (secondary N) is 1. The molecule has 0 saturated carbocycles. The topological polar surface area (TPSA) is 49.0 Å². The smallest absolute Gasteiger partial charge is 0.254 e. The van der Waals surface area contributed by atoms with E-state index in [0.717, 1.165) is 26.1 Å². The summed E-state index contributed by atoms with van der Waals surface area (Å²) in [4.78, 5) is 22.4. The minimum absolute atomic E-state index is 0.00161. The summed E-state index contributed by atoms with van der Waals surface area (Å²) in [6.45, 7) is 2.02. The molecule has 4 nitrogen and oxygen atoms in total. The maximum Gasteiger partial charge on any atom is 0.254 e. The number of thiazole rings is 1. The van der Waals surface area contributed by atoms with Crippen molar-refractivity contribution in [2.24, 2.45) is 0 Å². The normalized spacial score (nSPS) is 12.6. The SMILES string of the molecule is CC(c1nc2ccccc2s1)N(C)C(=O)c1ccc2cc[nH]c2c1. The third-order valence-electron chi connectivity index (χ3n) is 4.37. The number of nitrogens with zero attached hydrogens (tertiary/aromatic N) is 2. The van der Waals surface area contributed by atoms with Crippen LogP contribution in [0.15, 0.2) is 54.7 Å². The third-order valence-corrected chi connectivity index (χ3v) is 5.58. The first-order chi connectivity index (χ1) is 11.6. The van der Waals surface area contributed by atoms with Crippen molar-refractivity contribution in [2.45, 2.75) is 13.0 Å². The Hall–Kier alpha value is -2.66. The van der Waals surface area contributed by atoms with Gasteiger partial charge in [-0.3, -0.25) is 4.79 Å². The van der Waals surface area contributed by atoms with Crippen LogP contribution in [-0.4, -0.2) is 27.8 Å². The van der Waals surface area contributed by atoms with Crippen molar-refractivity contribution in [3.63, 3.8) is 0 Å². The highest BCUT2D eigenvalue weighted by Gasteiger charge is 2.22. The molecule has 0 bridgehead atoms. The van der Waals surface area contributed by atoms with Gasteiger partial charge in [-0.1, -0.05) is 18.2 Å². The third kappa shape index (κ3) is 2.47. The Kier molecular flexibility index (Phi) is 3.58. The van der Waals surface area contributed by atoms with Crippen LogP contribution in [0.25, 0.3) is 21.1 Å². The van der Waals surface area contributed by atoms with Crippen molar-refractivity contribution in [3.05, 3.63) is 65.3 Å². The average molecular weight is 335 g/mol. The molecule has 0 saturated heterocycles. The van der Waals surface area contributed by atoms with E-state index in [4.69, 9.17) is 0 Å². The highest BCUT2D eigenvalue weighted by molar-refractivity contribution is 7.18. The van der Waals surface area contributed by atoms with E-state index in [9.17, 15) is 4.79 Å². The summed E-state index contributed by atoms with van der Waals surface area (Å²) < 4.78 is 1.15. The maximum atomic E-state index is 12.8. The van der Waals surface area contributed by atoms with Crippen LogP contribution in [0.2, 0.25) is 0 Å². The van der Waals surface area contributed by atoms with Gasteiger partial charge >= 0.3 is 0 Å². The lowest BCUT2D eigenvalue weighted by Crippen LogP contribution is -2.29. The molecule has 1 amide bonds. The molecule has 5 heteroatoms. The molecule has 4 rings (SSSR count). The van der Waals surface area contributed by atoms with Crippen LogP contribution >= 0.6 is 11.3 Å². The maximum absolute atomic E-state index is 12.8. The zero-order valence-corrected chi connectivity index (χ0v) is 14.3. The second kappa shape index (κ2) is 5.76. The number of para-hydroxylation sites is 1. The van der Waals surface area contributed by atoms with Crippen molar-refractivity contribution in [1.82, 2.24) is 14.9 Å². The van der Waals surface area contributed by atoms with E-state index in [-0.39, 0.29) is 11.9 Å². The van der Waals surface area contributed by atoms with Gasteiger partial charge in [0.1, 0.15) is 5.01 Å². The Morgan fingerprint density at radius 3 is 2.88 bits per heavy atom. The number of hydrogen-bond acceptors (Lipinski definition) is 3. The number of aromatic nitrogens is 2. The molecule has 2 aromatic carbocycles. The molecular weight excluding hydrogens is 318 g/mol. The number of carbonyl (C=O) groups excluding carboxylic acids is 1. The molecule has 1 N–H and O–H groups in total. The van der Waals surface area contributed by atoms with Gasteiger partial charge in [-0.05, 0) is 42.6 Å². The summed E-state index contributed by atoms with van der Waals surface area (Å²) in [5.41, 5.74) is 2.64. The second-order valence-corrected chi connectivity index (χ2v) is 6.95. The Balaban J connectivity index is 1.63. The predicted molar refractivity (Wildman–Crippen MR) is 98.4 cm³/mol. The van der Waals surface area contributed by atoms with Gasteiger partial charge in [-0.2, -0.15) is 0 Å². The number of hydrogen-bond donors (Lipinski definition) is 1. The van der Waals surface area contributed by atoms with E-state index in [1.807, 2.05) is 62.6 Å². The summed E-state index contributed by atoms with van der Waals surface area (Å²) >= 11 is 1.64. The zero-order chi connectivity index (χ0) is 16.7. The number of amides is 1. The monoisotopic (exact) mass is 335 g/mol. The zero-order valence-electron chi connectivity index (χ0n) is 13.5. The summed E-state index contributed by atoms with van der Waals surface area (Å²) in [6.07, 6.45) is 1.88. The fraction of sp³-hybridized carbons (Fsp3) is 0.158. The van der Waals surface area contributed by atoms with Crippen LogP contribution < -0.4 is 0 Å². The van der Waals surface area contributed by atoms with Crippen molar-refractivity contribution in [3.8, 4) is 0 Å². The first kappa shape index (κ1) is 14.9. The lowest BCUT2D eigenvalue weighted by atomic mass is 10.1. The van der Waals surface area contributed by atoms with Crippen LogP contribution in [-0.2, 0) is 0 Å². The first-order valence-electron chi connectivity index (χ1n) is 7.83. The highest BCUT2D eigenvalue weighted by atomic mass is 32.1. The summed E-state index contributed by atoms with van der Waals surface area (Å²) in [7, 11) is 1.83. The van der Waals surface area contributed by atoms with E-state index in [2.05, 4.69) is 16.0 Å². The first-order valence-corrected chi connectivity index (χ1v) is 8.65. The summed E-state index contributed by atoms with van der Waals surface area (Å²) in [5, 5.41) is 2.06. The van der Waals surface area contributed by atoms with Crippen LogP contribution in [0.3, 0.4) is 0 Å². The van der Waals surface area contributed by atoms with E-state index in [0.29, 0.717) is 5.56 Å². The number of fused-ring (bicyclic) bond motifs is 2. The minimum Gasteiger partial charge on any atom is -0.361 e. The van der Waals surface area contributed by atoms with Crippen LogP contribution in [0.4, 0.5) is 0 Å². The minimum atomic E-state index is -0.0748. The molecule has 0 fully saturated rings. The van der Waals surface area contributed by atoms with Gasteiger partial charge in [0.15, 0.2) is 0 Å². The highest BCUT2D eigenvalue weighted by Crippen LogP contribution is 2.29. The van der Waals surface area contributed by atoms with E-state index >= 15 is 0 Å². The quantitative estimate of drug-likeness (QED) is 0.594. The van der Waals surface area contributed by atoms with E-state index in [1.54, 1.807) is 16.2 Å². The Labute approximate surface area is 143 Å². The van der Waals surface area contributed by atoms with Gasteiger partial charge in [0, 0.05) is 24.3 Å². The van der Waals surface area contributed by atoms with Gasteiger partial charge in [-0.15, -0.1) is 11.3 Å². The van der Waals surface area contributed by atoms with Crippen molar-refractivity contribution < 1.29 is 4.79 Å². The predicted octanol–water partition coefficient (Wildman–Crippen LogP) is 4.61. The van der Waals surface area contributed by atoms with E-state index < -0.39 is 0 Å². The van der Waals surface area contributed by atoms with E-state index in [1.165, 1.54) is 0 Å². The van der Waals surface area contributed by atoms with Crippen LogP contribution in [0, 0.1) is 0 Å². The molecule has 0 spiro atoms. The number of rotatable bonds is 3. The molecular formula is C19H17N3OS. The number of benzene rings is 2. The lowest BCUT2D eigenvalue weighted by Gasteiger charge is -2.23. The van der Waals surface area contributed by atoms with Crippen molar-refractivity contribution in [1.29, 1.82) is 0 Å². The molecule has 24 heavy (non-hydrogen) atoms. The molecule has 120 valence electrons. The summed E-state index contributed by atoms with van der Waals surface area (Å²) in [5.74, 6) is -0.00161.